The van der Waals surface area contributed by atoms with Crippen molar-refractivity contribution in [1.29, 1.82) is 0 Å². The van der Waals surface area contributed by atoms with Crippen molar-refractivity contribution < 1.29 is 14.3 Å². The molecule has 0 aliphatic carbocycles. The monoisotopic (exact) mass is 277 g/mol. The fourth-order valence-electron chi connectivity index (χ4n) is 2.14. The van der Waals surface area contributed by atoms with Gasteiger partial charge in [0.05, 0.1) is 18.8 Å². The zero-order chi connectivity index (χ0) is 14.7. The molecule has 0 radical (unpaired) electrons. The lowest BCUT2D eigenvalue weighted by molar-refractivity contribution is -0.117. The van der Waals surface area contributed by atoms with Gasteiger partial charge in [-0.15, -0.1) is 0 Å². The van der Waals surface area contributed by atoms with Crippen LogP contribution < -0.4 is 20.7 Å². The number of anilines is 2. The second-order valence-corrected chi connectivity index (χ2v) is 4.81. The Bertz CT molecular complexity index is 528. The zero-order valence-electron chi connectivity index (χ0n) is 11.7. The van der Waals surface area contributed by atoms with E-state index in [0.29, 0.717) is 30.1 Å². The summed E-state index contributed by atoms with van der Waals surface area (Å²) in [5, 5.41) is 2.71. The predicted molar refractivity (Wildman–Crippen MR) is 76.9 cm³/mol. The first kappa shape index (κ1) is 14.3. The number of benzene rings is 1. The van der Waals surface area contributed by atoms with Gasteiger partial charge in [0.2, 0.25) is 11.8 Å². The Morgan fingerprint density at radius 2 is 2.25 bits per heavy atom. The summed E-state index contributed by atoms with van der Waals surface area (Å²) >= 11 is 0. The van der Waals surface area contributed by atoms with E-state index in [-0.39, 0.29) is 11.8 Å². The average molecular weight is 277 g/mol. The van der Waals surface area contributed by atoms with Gasteiger partial charge in [0.15, 0.2) is 0 Å². The van der Waals surface area contributed by atoms with Gasteiger partial charge < -0.3 is 20.7 Å². The molecule has 1 heterocycles. The Labute approximate surface area is 117 Å². The largest absolute Gasteiger partial charge is 0.495 e. The molecule has 1 aromatic carbocycles. The van der Waals surface area contributed by atoms with Crippen LogP contribution >= 0.6 is 0 Å². The van der Waals surface area contributed by atoms with Crippen molar-refractivity contribution in [3.63, 3.8) is 0 Å². The molecule has 1 atom stereocenters. The van der Waals surface area contributed by atoms with E-state index in [4.69, 9.17) is 10.5 Å². The third-order valence-electron chi connectivity index (χ3n) is 3.22. The minimum absolute atomic E-state index is 0.0685. The molecule has 0 spiro atoms. The van der Waals surface area contributed by atoms with Crippen LogP contribution in [0.1, 0.15) is 19.8 Å². The van der Waals surface area contributed by atoms with Crippen molar-refractivity contribution in [3.8, 4) is 5.75 Å². The summed E-state index contributed by atoms with van der Waals surface area (Å²) in [6, 6.07) is 4.61. The van der Waals surface area contributed by atoms with E-state index in [1.54, 1.807) is 37.1 Å². The SMILES string of the molecule is COc1ccc(NC(=O)[C@@H](C)N)cc1N1CCCC1=O. The molecule has 3 N–H and O–H groups in total. The summed E-state index contributed by atoms with van der Waals surface area (Å²) in [5.41, 5.74) is 6.80. The lowest BCUT2D eigenvalue weighted by Gasteiger charge is -2.20. The Balaban J connectivity index is 2.29. The third kappa shape index (κ3) is 2.91. The number of methoxy groups -OCH3 is 1. The van der Waals surface area contributed by atoms with Crippen LogP contribution in [0.3, 0.4) is 0 Å². The Morgan fingerprint density at radius 3 is 2.80 bits per heavy atom. The van der Waals surface area contributed by atoms with Gasteiger partial charge in [0.25, 0.3) is 0 Å². The molecule has 1 aromatic rings. The van der Waals surface area contributed by atoms with Gasteiger partial charge in [0, 0.05) is 18.7 Å². The molecule has 2 rings (SSSR count). The fraction of sp³-hybridized carbons (Fsp3) is 0.429. The number of nitrogens with zero attached hydrogens (tertiary/aromatic N) is 1. The van der Waals surface area contributed by atoms with E-state index in [0.717, 1.165) is 6.42 Å². The van der Waals surface area contributed by atoms with Crippen LogP contribution in [-0.4, -0.2) is 31.5 Å². The molecule has 0 unspecified atom stereocenters. The summed E-state index contributed by atoms with van der Waals surface area (Å²) in [6.45, 7) is 2.28. The van der Waals surface area contributed by atoms with E-state index >= 15 is 0 Å². The minimum atomic E-state index is -0.589. The lowest BCUT2D eigenvalue weighted by atomic mass is 10.2. The maximum absolute atomic E-state index is 11.8. The molecule has 1 aliphatic heterocycles. The van der Waals surface area contributed by atoms with E-state index in [1.165, 1.54) is 0 Å². The first-order chi connectivity index (χ1) is 9.52. The maximum atomic E-state index is 11.8. The Morgan fingerprint density at radius 1 is 1.50 bits per heavy atom. The number of nitrogens with one attached hydrogen (secondary N) is 1. The number of ether oxygens (including phenoxy) is 1. The van der Waals surface area contributed by atoms with Crippen LogP contribution in [0.25, 0.3) is 0 Å². The molecule has 108 valence electrons. The molecule has 0 bridgehead atoms. The lowest BCUT2D eigenvalue weighted by Crippen LogP contribution is -2.32. The van der Waals surface area contributed by atoms with Crippen LogP contribution in [0.15, 0.2) is 18.2 Å². The normalized spacial score (nSPS) is 16.1. The summed E-state index contributed by atoms with van der Waals surface area (Å²) in [5.74, 6) is 0.409. The van der Waals surface area contributed by atoms with Crippen molar-refractivity contribution in [2.75, 3.05) is 23.9 Å². The number of carbonyl (C=O) groups is 2. The number of hydrogen-bond donors (Lipinski definition) is 2. The van der Waals surface area contributed by atoms with Gasteiger partial charge in [-0.1, -0.05) is 0 Å². The van der Waals surface area contributed by atoms with Crippen molar-refractivity contribution in [1.82, 2.24) is 0 Å². The van der Waals surface area contributed by atoms with Gasteiger partial charge in [0.1, 0.15) is 5.75 Å². The van der Waals surface area contributed by atoms with Gasteiger partial charge in [-0.05, 0) is 31.5 Å². The quantitative estimate of drug-likeness (QED) is 0.863. The van der Waals surface area contributed by atoms with E-state index in [2.05, 4.69) is 5.32 Å². The number of nitrogens with two attached hydrogens (primary N) is 1. The maximum Gasteiger partial charge on any atom is 0.240 e. The summed E-state index contributed by atoms with van der Waals surface area (Å²) < 4.78 is 5.28. The molecule has 6 heteroatoms. The van der Waals surface area contributed by atoms with Crippen LogP contribution in [0, 0.1) is 0 Å². The summed E-state index contributed by atoms with van der Waals surface area (Å²) in [6.07, 6.45) is 1.37. The molecule has 1 fully saturated rings. The number of carbonyl (C=O) groups excluding carboxylic acids is 2. The van der Waals surface area contributed by atoms with Gasteiger partial charge in [-0.25, -0.2) is 0 Å². The topological polar surface area (TPSA) is 84.7 Å². The second-order valence-electron chi connectivity index (χ2n) is 4.81. The molecule has 2 amide bonds. The average Bonchev–Trinajstić information content (AvgIpc) is 2.84. The van der Waals surface area contributed by atoms with E-state index in [9.17, 15) is 9.59 Å². The number of rotatable bonds is 4. The number of hydrogen-bond acceptors (Lipinski definition) is 4. The molecule has 0 aromatic heterocycles. The Kier molecular flexibility index (Phi) is 4.24. The van der Waals surface area contributed by atoms with Crippen LogP contribution in [0.2, 0.25) is 0 Å². The molecular weight excluding hydrogens is 258 g/mol. The second kappa shape index (κ2) is 5.92. The highest BCUT2D eigenvalue weighted by molar-refractivity contribution is 5.99. The van der Waals surface area contributed by atoms with E-state index < -0.39 is 6.04 Å². The third-order valence-corrected chi connectivity index (χ3v) is 3.22. The number of amides is 2. The molecule has 1 aliphatic rings. The standard InChI is InChI=1S/C14H19N3O3/c1-9(15)14(19)16-10-5-6-12(20-2)11(8-10)17-7-3-4-13(17)18/h5-6,8-9H,3-4,7,15H2,1-2H3,(H,16,19)/t9-/m1/s1. The highest BCUT2D eigenvalue weighted by atomic mass is 16.5. The first-order valence-electron chi connectivity index (χ1n) is 6.58. The zero-order valence-corrected chi connectivity index (χ0v) is 11.7. The molecule has 1 saturated heterocycles. The summed E-state index contributed by atoms with van der Waals surface area (Å²) in [7, 11) is 1.56. The highest BCUT2D eigenvalue weighted by Gasteiger charge is 2.25. The minimum Gasteiger partial charge on any atom is -0.495 e. The fourth-order valence-corrected chi connectivity index (χ4v) is 2.14. The van der Waals surface area contributed by atoms with Crippen molar-refractivity contribution in [2.45, 2.75) is 25.8 Å². The van der Waals surface area contributed by atoms with Crippen molar-refractivity contribution in [3.05, 3.63) is 18.2 Å². The van der Waals surface area contributed by atoms with Crippen LogP contribution in [-0.2, 0) is 9.59 Å². The van der Waals surface area contributed by atoms with Gasteiger partial charge in [-0.2, -0.15) is 0 Å². The van der Waals surface area contributed by atoms with E-state index in [1.807, 2.05) is 0 Å². The molecular formula is C14H19N3O3. The van der Waals surface area contributed by atoms with Crippen LogP contribution in [0.4, 0.5) is 11.4 Å². The Hall–Kier alpha value is -2.08. The van der Waals surface area contributed by atoms with Crippen molar-refractivity contribution >= 4 is 23.2 Å². The predicted octanol–water partition coefficient (Wildman–Crippen LogP) is 1.11. The molecule has 20 heavy (non-hydrogen) atoms. The molecule has 6 nitrogen and oxygen atoms in total. The van der Waals surface area contributed by atoms with Gasteiger partial charge >= 0.3 is 0 Å². The smallest absolute Gasteiger partial charge is 0.240 e. The van der Waals surface area contributed by atoms with Gasteiger partial charge in [-0.3, -0.25) is 9.59 Å². The molecule has 0 saturated carbocycles. The summed E-state index contributed by atoms with van der Waals surface area (Å²) in [4.78, 5) is 25.1. The first-order valence-corrected chi connectivity index (χ1v) is 6.58. The van der Waals surface area contributed by atoms with Crippen molar-refractivity contribution in [2.24, 2.45) is 5.73 Å². The highest BCUT2D eigenvalue weighted by Crippen LogP contribution is 2.33. The van der Waals surface area contributed by atoms with Crippen LogP contribution in [0.5, 0.6) is 5.75 Å².